The number of carbonyl (C=O) groups excluding carboxylic acids is 1. The van der Waals surface area contributed by atoms with Crippen molar-refractivity contribution in [2.75, 3.05) is 49.5 Å². The van der Waals surface area contributed by atoms with Crippen LogP contribution in [0.5, 0.6) is 0 Å². The molecule has 1 amide bonds. The third-order valence-electron chi connectivity index (χ3n) is 3.50. The van der Waals surface area contributed by atoms with Crippen LogP contribution in [0.2, 0.25) is 0 Å². The Kier molecular flexibility index (Phi) is 5.80. The second-order valence-electron chi connectivity index (χ2n) is 5.29. The summed E-state index contributed by atoms with van der Waals surface area (Å²) in [6.45, 7) is 9.98. The molecule has 0 spiro atoms. The van der Waals surface area contributed by atoms with Crippen LogP contribution in [0, 0.1) is 6.92 Å². The van der Waals surface area contributed by atoms with E-state index in [1.54, 1.807) is 4.90 Å². The predicted molar refractivity (Wildman–Crippen MR) is 86.4 cm³/mol. The zero-order valence-corrected chi connectivity index (χ0v) is 13.6. The minimum absolute atomic E-state index is 0.230. The molecule has 1 aliphatic rings. The SMILES string of the molecule is CCCNc1nc(C)cc(N2CCN(C(=O)OCC)CC2)n1. The van der Waals surface area contributed by atoms with Gasteiger partial charge in [-0.25, -0.2) is 9.78 Å². The molecule has 1 fully saturated rings. The highest BCUT2D eigenvalue weighted by molar-refractivity contribution is 5.68. The fraction of sp³-hybridized carbons (Fsp3) is 0.667. The normalized spacial score (nSPS) is 14.9. The molecule has 122 valence electrons. The number of aromatic nitrogens is 2. The van der Waals surface area contributed by atoms with Gasteiger partial charge >= 0.3 is 6.09 Å². The van der Waals surface area contributed by atoms with Crippen LogP contribution in [0.3, 0.4) is 0 Å². The summed E-state index contributed by atoms with van der Waals surface area (Å²) in [6, 6.07) is 1.98. The molecule has 1 N–H and O–H groups in total. The van der Waals surface area contributed by atoms with E-state index in [1.807, 2.05) is 19.9 Å². The third kappa shape index (κ3) is 4.22. The summed E-state index contributed by atoms with van der Waals surface area (Å²) in [5, 5.41) is 3.22. The minimum atomic E-state index is -0.230. The topological polar surface area (TPSA) is 70.6 Å². The molecular weight excluding hydrogens is 282 g/mol. The summed E-state index contributed by atoms with van der Waals surface area (Å²) in [5.74, 6) is 1.58. The molecule has 22 heavy (non-hydrogen) atoms. The number of nitrogens with zero attached hydrogens (tertiary/aromatic N) is 4. The Bertz CT molecular complexity index is 501. The molecule has 0 radical (unpaired) electrons. The van der Waals surface area contributed by atoms with Gasteiger partial charge in [0.2, 0.25) is 5.95 Å². The largest absolute Gasteiger partial charge is 0.450 e. The summed E-state index contributed by atoms with van der Waals surface area (Å²) in [5.41, 5.74) is 0.941. The van der Waals surface area contributed by atoms with Crippen LogP contribution in [0.4, 0.5) is 16.6 Å². The summed E-state index contributed by atoms with van der Waals surface area (Å²) < 4.78 is 5.04. The monoisotopic (exact) mass is 307 g/mol. The molecule has 7 nitrogen and oxygen atoms in total. The van der Waals surface area contributed by atoms with Gasteiger partial charge in [-0.15, -0.1) is 0 Å². The van der Waals surface area contributed by atoms with Crippen molar-refractivity contribution < 1.29 is 9.53 Å². The van der Waals surface area contributed by atoms with Crippen molar-refractivity contribution in [3.05, 3.63) is 11.8 Å². The van der Waals surface area contributed by atoms with E-state index >= 15 is 0 Å². The highest BCUT2D eigenvalue weighted by atomic mass is 16.6. The molecule has 2 heterocycles. The van der Waals surface area contributed by atoms with Crippen LogP contribution < -0.4 is 10.2 Å². The first-order valence-electron chi connectivity index (χ1n) is 7.90. The van der Waals surface area contributed by atoms with Crippen LogP contribution in [0.15, 0.2) is 6.07 Å². The predicted octanol–water partition coefficient (Wildman–Crippen LogP) is 1.89. The molecule has 1 aliphatic heterocycles. The Labute approximate surface area is 131 Å². The molecule has 0 unspecified atom stereocenters. The maximum atomic E-state index is 11.7. The van der Waals surface area contributed by atoms with Crippen molar-refractivity contribution >= 4 is 17.9 Å². The minimum Gasteiger partial charge on any atom is -0.450 e. The maximum Gasteiger partial charge on any atom is 0.409 e. The van der Waals surface area contributed by atoms with Gasteiger partial charge in [0.25, 0.3) is 0 Å². The average Bonchev–Trinajstić information content (AvgIpc) is 2.53. The van der Waals surface area contributed by atoms with E-state index in [2.05, 4.69) is 27.1 Å². The van der Waals surface area contributed by atoms with Gasteiger partial charge in [-0.2, -0.15) is 4.98 Å². The molecule has 1 saturated heterocycles. The Balaban J connectivity index is 1.98. The van der Waals surface area contributed by atoms with Gasteiger partial charge < -0.3 is 19.9 Å². The van der Waals surface area contributed by atoms with Crippen molar-refractivity contribution in [3.63, 3.8) is 0 Å². The number of nitrogens with one attached hydrogen (secondary N) is 1. The molecule has 7 heteroatoms. The molecule has 0 atom stereocenters. The van der Waals surface area contributed by atoms with Gasteiger partial charge in [0, 0.05) is 44.5 Å². The van der Waals surface area contributed by atoms with Gasteiger partial charge in [-0.05, 0) is 20.3 Å². The number of amides is 1. The average molecular weight is 307 g/mol. The number of aryl methyl sites for hydroxylation is 1. The standard InChI is InChI=1S/C15H25N5O2/c1-4-6-16-14-17-12(3)11-13(18-14)19-7-9-20(10-8-19)15(21)22-5-2/h11H,4-10H2,1-3H3,(H,16,17,18). The Hall–Kier alpha value is -2.05. The van der Waals surface area contributed by atoms with E-state index in [0.29, 0.717) is 25.6 Å². The molecule has 1 aromatic heterocycles. The highest BCUT2D eigenvalue weighted by Crippen LogP contribution is 2.17. The summed E-state index contributed by atoms with van der Waals surface area (Å²) in [6.07, 6.45) is 0.802. The Morgan fingerprint density at radius 1 is 1.27 bits per heavy atom. The maximum absolute atomic E-state index is 11.7. The van der Waals surface area contributed by atoms with Crippen LogP contribution in [0.1, 0.15) is 26.0 Å². The van der Waals surface area contributed by atoms with Gasteiger partial charge in [-0.1, -0.05) is 6.92 Å². The van der Waals surface area contributed by atoms with Crippen molar-refractivity contribution in [1.29, 1.82) is 0 Å². The number of ether oxygens (including phenoxy) is 1. The number of anilines is 2. The quantitative estimate of drug-likeness (QED) is 0.895. The molecule has 2 rings (SSSR count). The molecule has 0 aromatic carbocycles. The number of hydrogen-bond donors (Lipinski definition) is 1. The number of rotatable bonds is 5. The van der Waals surface area contributed by atoms with Crippen molar-refractivity contribution in [2.24, 2.45) is 0 Å². The second-order valence-corrected chi connectivity index (χ2v) is 5.29. The smallest absolute Gasteiger partial charge is 0.409 e. The molecule has 0 aliphatic carbocycles. The van der Waals surface area contributed by atoms with Crippen LogP contribution in [-0.4, -0.2) is 60.3 Å². The van der Waals surface area contributed by atoms with E-state index in [0.717, 1.165) is 37.6 Å². The Morgan fingerprint density at radius 3 is 2.64 bits per heavy atom. The summed E-state index contributed by atoms with van der Waals surface area (Å²) in [4.78, 5) is 24.6. The zero-order valence-electron chi connectivity index (χ0n) is 13.6. The number of hydrogen-bond acceptors (Lipinski definition) is 6. The first kappa shape index (κ1) is 16.3. The fourth-order valence-corrected chi connectivity index (χ4v) is 2.36. The van der Waals surface area contributed by atoms with Crippen molar-refractivity contribution in [2.45, 2.75) is 27.2 Å². The lowest BCUT2D eigenvalue weighted by Crippen LogP contribution is -2.49. The second kappa shape index (κ2) is 7.82. The van der Waals surface area contributed by atoms with Crippen molar-refractivity contribution in [3.8, 4) is 0 Å². The fourth-order valence-electron chi connectivity index (χ4n) is 2.36. The number of carbonyl (C=O) groups is 1. The van der Waals surface area contributed by atoms with Gasteiger partial charge in [0.1, 0.15) is 5.82 Å². The lowest BCUT2D eigenvalue weighted by Gasteiger charge is -2.34. The summed E-state index contributed by atoms with van der Waals surface area (Å²) in [7, 11) is 0. The highest BCUT2D eigenvalue weighted by Gasteiger charge is 2.23. The lowest BCUT2D eigenvalue weighted by atomic mass is 10.3. The van der Waals surface area contributed by atoms with Crippen LogP contribution in [-0.2, 0) is 4.74 Å². The van der Waals surface area contributed by atoms with E-state index in [9.17, 15) is 4.79 Å². The third-order valence-corrected chi connectivity index (χ3v) is 3.50. The first-order valence-corrected chi connectivity index (χ1v) is 7.90. The Morgan fingerprint density at radius 2 is 2.00 bits per heavy atom. The molecule has 0 bridgehead atoms. The van der Waals surface area contributed by atoms with E-state index < -0.39 is 0 Å². The van der Waals surface area contributed by atoms with Gasteiger partial charge in [0.15, 0.2) is 0 Å². The first-order chi connectivity index (χ1) is 10.6. The van der Waals surface area contributed by atoms with E-state index in [-0.39, 0.29) is 6.09 Å². The van der Waals surface area contributed by atoms with Crippen LogP contribution >= 0.6 is 0 Å². The van der Waals surface area contributed by atoms with Gasteiger partial charge in [0.05, 0.1) is 6.61 Å². The van der Waals surface area contributed by atoms with E-state index in [4.69, 9.17) is 4.74 Å². The zero-order chi connectivity index (χ0) is 15.9. The molecular formula is C15H25N5O2. The van der Waals surface area contributed by atoms with Crippen molar-refractivity contribution in [1.82, 2.24) is 14.9 Å². The lowest BCUT2D eigenvalue weighted by molar-refractivity contribution is 0.105. The molecule has 0 saturated carbocycles. The molecule has 1 aromatic rings. The number of piperazine rings is 1. The van der Waals surface area contributed by atoms with Gasteiger partial charge in [-0.3, -0.25) is 0 Å². The van der Waals surface area contributed by atoms with E-state index in [1.165, 1.54) is 0 Å². The van der Waals surface area contributed by atoms with Crippen LogP contribution in [0.25, 0.3) is 0 Å². The summed E-state index contributed by atoms with van der Waals surface area (Å²) >= 11 is 0.